The van der Waals surface area contributed by atoms with Crippen LogP contribution in [-0.2, 0) is 9.84 Å². The van der Waals surface area contributed by atoms with E-state index in [1.165, 1.54) is 22.6 Å². The lowest BCUT2D eigenvalue weighted by Gasteiger charge is -2.25. The third-order valence-electron chi connectivity index (χ3n) is 4.30. The minimum absolute atomic E-state index is 0.244. The second kappa shape index (κ2) is 5.78. The molecule has 21 heavy (non-hydrogen) atoms. The molecule has 0 aromatic heterocycles. The molecule has 0 radical (unpaired) electrons. The van der Waals surface area contributed by atoms with E-state index in [4.69, 9.17) is 0 Å². The Hall–Kier alpha value is -1.39. The molecule has 0 spiro atoms. The summed E-state index contributed by atoms with van der Waals surface area (Å²) in [4.78, 5) is 2.32. The number of likely N-dealkylation sites (tertiary alicyclic amines) is 1. The van der Waals surface area contributed by atoms with Gasteiger partial charge in [0.05, 0.1) is 5.75 Å². The Labute approximate surface area is 126 Å². The summed E-state index contributed by atoms with van der Waals surface area (Å²) in [6.45, 7) is 1.62. The maximum Gasteiger partial charge on any atom is 0.148 e. The molecule has 4 heteroatoms. The zero-order valence-corrected chi connectivity index (χ0v) is 13.1. The highest BCUT2D eigenvalue weighted by Crippen LogP contribution is 2.35. The Morgan fingerprint density at radius 3 is 2.71 bits per heavy atom. The molecule has 0 saturated carbocycles. The first-order valence-corrected chi connectivity index (χ1v) is 9.50. The molecule has 112 valence electrons. The molecule has 0 amide bonds. The van der Waals surface area contributed by atoms with Gasteiger partial charge in [-0.25, -0.2) is 8.42 Å². The van der Waals surface area contributed by atoms with Crippen molar-refractivity contribution in [2.75, 3.05) is 25.1 Å². The van der Waals surface area contributed by atoms with Crippen LogP contribution in [0.3, 0.4) is 0 Å². The van der Waals surface area contributed by atoms with Crippen molar-refractivity contribution in [3.63, 3.8) is 0 Å². The predicted molar refractivity (Wildman–Crippen MR) is 87.2 cm³/mol. The molecule has 3 nitrogen and oxygen atoms in total. The van der Waals surface area contributed by atoms with Gasteiger partial charge in [0.15, 0.2) is 0 Å². The van der Waals surface area contributed by atoms with E-state index < -0.39 is 9.84 Å². The smallest absolute Gasteiger partial charge is 0.148 e. The quantitative estimate of drug-likeness (QED) is 0.871. The van der Waals surface area contributed by atoms with Gasteiger partial charge in [-0.2, -0.15) is 0 Å². The third kappa shape index (κ3) is 3.27. The van der Waals surface area contributed by atoms with Gasteiger partial charge in [-0.05, 0) is 35.7 Å². The van der Waals surface area contributed by atoms with Gasteiger partial charge < -0.3 is 0 Å². The number of sulfone groups is 1. The maximum absolute atomic E-state index is 11.4. The molecule has 0 bridgehead atoms. The molecule has 0 aliphatic carbocycles. The van der Waals surface area contributed by atoms with Gasteiger partial charge in [0.2, 0.25) is 0 Å². The second-order valence-corrected chi connectivity index (χ2v) is 8.15. The molecule has 2 aromatic carbocycles. The number of hydrogen-bond acceptors (Lipinski definition) is 3. The van der Waals surface area contributed by atoms with Crippen molar-refractivity contribution in [1.29, 1.82) is 0 Å². The van der Waals surface area contributed by atoms with E-state index in [1.54, 1.807) is 0 Å². The van der Waals surface area contributed by atoms with E-state index in [9.17, 15) is 8.42 Å². The van der Waals surface area contributed by atoms with E-state index in [0.29, 0.717) is 12.6 Å². The highest BCUT2D eigenvalue weighted by Gasteiger charge is 2.27. The summed E-state index contributed by atoms with van der Waals surface area (Å²) in [6, 6.07) is 15.2. The molecule has 1 heterocycles. The van der Waals surface area contributed by atoms with Crippen molar-refractivity contribution in [3.05, 3.63) is 48.0 Å². The molecule has 2 aromatic rings. The van der Waals surface area contributed by atoms with Crippen LogP contribution in [0.15, 0.2) is 42.5 Å². The van der Waals surface area contributed by atoms with Crippen molar-refractivity contribution in [3.8, 4) is 0 Å². The van der Waals surface area contributed by atoms with Gasteiger partial charge in [-0.1, -0.05) is 42.5 Å². The van der Waals surface area contributed by atoms with Crippen molar-refractivity contribution >= 4 is 20.6 Å². The molecule has 0 N–H and O–H groups in total. The monoisotopic (exact) mass is 303 g/mol. The number of nitrogens with zero attached hydrogens (tertiary/aromatic N) is 1. The summed E-state index contributed by atoms with van der Waals surface area (Å²) in [6.07, 6.45) is 3.56. The van der Waals surface area contributed by atoms with E-state index in [1.807, 2.05) is 0 Å². The Bertz CT molecular complexity index is 734. The Morgan fingerprint density at radius 2 is 1.90 bits per heavy atom. The number of benzene rings is 2. The van der Waals surface area contributed by atoms with E-state index in [0.717, 1.165) is 19.4 Å². The Morgan fingerprint density at radius 1 is 1.14 bits per heavy atom. The fourth-order valence-corrected chi connectivity index (χ4v) is 3.84. The largest absolute Gasteiger partial charge is 0.295 e. The minimum atomic E-state index is -2.90. The number of hydrogen-bond donors (Lipinski definition) is 0. The standard InChI is InChI=1S/C17H21NO2S/c1-21(19,20)13-12-18-11-5-10-17(18)16-9-4-7-14-6-2-3-8-15(14)16/h2-4,6-9,17H,5,10-13H2,1H3/t17-/m1/s1. The first-order valence-electron chi connectivity index (χ1n) is 7.44. The van der Waals surface area contributed by atoms with Crippen LogP contribution >= 0.6 is 0 Å². The molecule has 1 saturated heterocycles. The normalized spacial score (nSPS) is 20.1. The molecule has 1 atom stereocenters. The average Bonchev–Trinajstić information content (AvgIpc) is 2.92. The van der Waals surface area contributed by atoms with Crippen molar-refractivity contribution in [2.45, 2.75) is 18.9 Å². The first-order chi connectivity index (χ1) is 10.0. The lowest BCUT2D eigenvalue weighted by molar-refractivity contribution is 0.274. The zero-order valence-electron chi connectivity index (χ0n) is 12.3. The van der Waals surface area contributed by atoms with Gasteiger partial charge in [0.25, 0.3) is 0 Å². The maximum atomic E-state index is 11.4. The Kier molecular flexibility index (Phi) is 4.00. The molecule has 1 aliphatic heterocycles. The highest BCUT2D eigenvalue weighted by molar-refractivity contribution is 7.90. The molecular formula is C17H21NO2S. The fraction of sp³-hybridized carbons (Fsp3) is 0.412. The van der Waals surface area contributed by atoms with Crippen LogP contribution < -0.4 is 0 Å². The summed E-state index contributed by atoms with van der Waals surface area (Å²) in [5, 5.41) is 2.54. The number of fused-ring (bicyclic) bond motifs is 1. The van der Waals surface area contributed by atoms with Crippen LogP contribution in [-0.4, -0.2) is 38.4 Å². The molecule has 3 rings (SSSR count). The van der Waals surface area contributed by atoms with Gasteiger partial charge >= 0.3 is 0 Å². The van der Waals surface area contributed by atoms with E-state index >= 15 is 0 Å². The van der Waals surface area contributed by atoms with Crippen LogP contribution in [0.5, 0.6) is 0 Å². The minimum Gasteiger partial charge on any atom is -0.295 e. The van der Waals surface area contributed by atoms with Crippen molar-refractivity contribution < 1.29 is 8.42 Å². The van der Waals surface area contributed by atoms with Gasteiger partial charge in [0.1, 0.15) is 9.84 Å². The summed E-state index contributed by atoms with van der Waals surface area (Å²) in [7, 11) is -2.90. The molecule has 1 aliphatic rings. The summed E-state index contributed by atoms with van der Waals surface area (Å²) in [5.41, 5.74) is 1.33. The van der Waals surface area contributed by atoms with Gasteiger partial charge in [-0.15, -0.1) is 0 Å². The zero-order chi connectivity index (χ0) is 14.9. The van der Waals surface area contributed by atoms with Gasteiger partial charge in [-0.3, -0.25) is 4.90 Å². The van der Waals surface area contributed by atoms with E-state index in [2.05, 4.69) is 47.4 Å². The second-order valence-electron chi connectivity index (χ2n) is 5.89. The summed E-state index contributed by atoms with van der Waals surface area (Å²) >= 11 is 0. The highest BCUT2D eigenvalue weighted by atomic mass is 32.2. The summed E-state index contributed by atoms with van der Waals surface area (Å²) < 4.78 is 22.8. The molecule has 0 unspecified atom stereocenters. The van der Waals surface area contributed by atoms with Crippen molar-refractivity contribution in [1.82, 2.24) is 4.90 Å². The van der Waals surface area contributed by atoms with Gasteiger partial charge in [0, 0.05) is 18.8 Å². The topological polar surface area (TPSA) is 37.4 Å². The predicted octanol–water partition coefficient (Wildman–Crippen LogP) is 3.02. The van der Waals surface area contributed by atoms with Crippen molar-refractivity contribution in [2.24, 2.45) is 0 Å². The van der Waals surface area contributed by atoms with E-state index in [-0.39, 0.29) is 5.75 Å². The van der Waals surface area contributed by atoms with Crippen LogP contribution in [0, 0.1) is 0 Å². The summed E-state index contributed by atoms with van der Waals surface area (Å²) in [5.74, 6) is 0.244. The molecular weight excluding hydrogens is 282 g/mol. The number of rotatable bonds is 4. The fourth-order valence-electron chi connectivity index (χ4n) is 3.27. The van der Waals surface area contributed by atoms with Crippen LogP contribution in [0.25, 0.3) is 10.8 Å². The lowest BCUT2D eigenvalue weighted by atomic mass is 9.97. The average molecular weight is 303 g/mol. The third-order valence-corrected chi connectivity index (χ3v) is 5.22. The SMILES string of the molecule is CS(=O)(=O)CCN1CCC[C@@H]1c1cccc2ccccc12. The van der Waals surface area contributed by atoms with Crippen LogP contribution in [0.4, 0.5) is 0 Å². The first kappa shape index (κ1) is 14.5. The lowest BCUT2D eigenvalue weighted by Crippen LogP contribution is -2.29. The van der Waals surface area contributed by atoms with Crippen LogP contribution in [0.2, 0.25) is 0 Å². The Balaban J connectivity index is 1.90. The van der Waals surface area contributed by atoms with Crippen LogP contribution in [0.1, 0.15) is 24.4 Å². The molecule has 1 fully saturated rings.